The molecule has 3 aliphatic carbocycles. The van der Waals surface area contributed by atoms with Crippen LogP contribution in [0.2, 0.25) is 0 Å². The zero-order chi connectivity index (χ0) is 41.0. The van der Waals surface area contributed by atoms with E-state index >= 15 is 0 Å². The van der Waals surface area contributed by atoms with E-state index in [0.717, 1.165) is 35.8 Å². The molecule has 1 aromatic heterocycles. The molecule has 3 atom stereocenters. The number of benzene rings is 8. The number of nitrogens with zero attached hydrogens (tertiary/aromatic N) is 1. The Morgan fingerprint density at radius 2 is 1.27 bits per heavy atom. The maximum Gasteiger partial charge on any atom is 0.136 e. The van der Waals surface area contributed by atoms with Crippen molar-refractivity contribution >= 4 is 59.8 Å². The predicted molar refractivity (Wildman–Crippen MR) is 261 cm³/mol. The first kappa shape index (κ1) is 36.4. The number of rotatable bonds is 7. The van der Waals surface area contributed by atoms with Gasteiger partial charge in [0.05, 0.1) is 6.04 Å². The van der Waals surface area contributed by atoms with Crippen LogP contribution in [0.3, 0.4) is 0 Å². The minimum absolute atomic E-state index is 0.174. The van der Waals surface area contributed by atoms with Crippen LogP contribution in [0.25, 0.3) is 71.0 Å². The van der Waals surface area contributed by atoms with Crippen LogP contribution < -0.4 is 0 Å². The van der Waals surface area contributed by atoms with E-state index in [1.165, 1.54) is 82.5 Å². The van der Waals surface area contributed by atoms with Crippen LogP contribution in [-0.4, -0.2) is 10.9 Å². The molecule has 0 amide bonds. The summed E-state index contributed by atoms with van der Waals surface area (Å²) in [6, 6.07) is 59.9. The molecule has 9 aromatic rings. The Morgan fingerprint density at radius 3 is 2.13 bits per heavy atom. The highest BCUT2D eigenvalue weighted by molar-refractivity contribution is 6.19. The Morgan fingerprint density at radius 1 is 0.500 bits per heavy atom. The van der Waals surface area contributed by atoms with Crippen LogP contribution in [-0.2, 0) is 0 Å². The van der Waals surface area contributed by atoms with Gasteiger partial charge in [0.15, 0.2) is 0 Å². The molecule has 3 unspecified atom stereocenters. The van der Waals surface area contributed by atoms with Crippen LogP contribution in [0.1, 0.15) is 47.8 Å². The van der Waals surface area contributed by atoms with Gasteiger partial charge in [-0.2, -0.15) is 0 Å². The Labute approximate surface area is 362 Å². The van der Waals surface area contributed by atoms with Crippen LogP contribution in [0.15, 0.2) is 234 Å². The zero-order valence-electron chi connectivity index (χ0n) is 34.5. The molecule has 0 aliphatic heterocycles. The highest BCUT2D eigenvalue weighted by atomic mass is 16.3. The normalized spacial score (nSPS) is 18.7. The number of allylic oxidation sites excluding steroid dienone is 9. The van der Waals surface area contributed by atoms with Crippen molar-refractivity contribution in [1.29, 1.82) is 0 Å². The number of para-hydroxylation sites is 1. The summed E-state index contributed by atoms with van der Waals surface area (Å²) >= 11 is 0. The van der Waals surface area contributed by atoms with E-state index in [2.05, 4.69) is 217 Å². The third kappa shape index (κ3) is 6.34. The molecule has 12 rings (SSSR count). The van der Waals surface area contributed by atoms with Crippen molar-refractivity contribution in [2.75, 3.05) is 0 Å². The molecule has 0 bridgehead atoms. The van der Waals surface area contributed by atoms with Gasteiger partial charge in [-0.05, 0) is 127 Å². The number of hydrogen-bond donors (Lipinski definition) is 0. The fraction of sp³-hybridized carbons (Fsp3) is 0.100. The van der Waals surface area contributed by atoms with E-state index in [1.807, 2.05) is 6.07 Å². The van der Waals surface area contributed by atoms with Crippen molar-refractivity contribution < 1.29 is 4.42 Å². The first-order valence-electron chi connectivity index (χ1n) is 22.1. The maximum atomic E-state index is 6.25. The molecule has 2 nitrogen and oxygen atoms in total. The molecule has 296 valence electrons. The van der Waals surface area contributed by atoms with Crippen LogP contribution >= 0.6 is 0 Å². The Balaban J connectivity index is 0.871. The summed E-state index contributed by atoms with van der Waals surface area (Å²) in [6.45, 7) is 0. The second-order valence-electron chi connectivity index (χ2n) is 17.0. The highest BCUT2D eigenvalue weighted by Gasteiger charge is 2.30. The third-order valence-electron chi connectivity index (χ3n) is 13.5. The molecule has 0 radical (unpaired) electrons. The van der Waals surface area contributed by atoms with Gasteiger partial charge in [0, 0.05) is 34.0 Å². The Kier molecular flexibility index (Phi) is 8.96. The lowest BCUT2D eigenvalue weighted by atomic mass is 9.84. The first-order valence-corrected chi connectivity index (χ1v) is 22.1. The Hall–Kier alpha value is -7.42. The standard InChI is InChI=1S/C60H45NO/c1-2-13-41(14-3-1)51-19-8-10-23-57(51)61(49-34-29-42(30-35-49)55-39-47-15-4-5-18-50(47)52-20-6-7-21-53(52)55)48-32-27-40(28-33-48)44-16-12-17-45(37-44)46-26-25-43-31-36-59-60(56(43)38-46)54-22-9-11-24-58(54)62-59/h1-18,20-29,31-32,34-39,42,48,51H,19,30,33H2. The van der Waals surface area contributed by atoms with E-state index in [4.69, 9.17) is 4.42 Å². The van der Waals surface area contributed by atoms with Gasteiger partial charge in [-0.15, -0.1) is 0 Å². The molecule has 0 N–H and O–H groups in total. The molecule has 1 heterocycles. The fourth-order valence-corrected chi connectivity index (χ4v) is 10.4. The van der Waals surface area contributed by atoms with E-state index in [0.29, 0.717) is 5.92 Å². The summed E-state index contributed by atoms with van der Waals surface area (Å²) in [5, 5.41) is 10.1. The maximum absolute atomic E-state index is 6.25. The van der Waals surface area contributed by atoms with Gasteiger partial charge in [0.1, 0.15) is 11.2 Å². The van der Waals surface area contributed by atoms with Gasteiger partial charge in [-0.3, -0.25) is 0 Å². The monoisotopic (exact) mass is 795 g/mol. The van der Waals surface area contributed by atoms with Crippen molar-refractivity contribution in [3.05, 3.63) is 247 Å². The lowest BCUT2D eigenvalue weighted by Crippen LogP contribution is -2.36. The Bertz CT molecular complexity index is 3410. The van der Waals surface area contributed by atoms with Crippen LogP contribution in [0.5, 0.6) is 0 Å². The molecule has 8 aromatic carbocycles. The minimum atomic E-state index is 0.174. The molecule has 3 aliphatic rings. The largest absolute Gasteiger partial charge is 0.456 e. The van der Waals surface area contributed by atoms with Crippen molar-refractivity contribution in [2.24, 2.45) is 0 Å². The summed E-state index contributed by atoms with van der Waals surface area (Å²) in [4.78, 5) is 2.64. The lowest BCUT2D eigenvalue weighted by Gasteiger charge is -2.40. The molecular formula is C60H45NO. The van der Waals surface area contributed by atoms with E-state index in [9.17, 15) is 0 Å². The zero-order valence-corrected chi connectivity index (χ0v) is 34.5. The average Bonchev–Trinajstić information content (AvgIpc) is 3.74. The first-order chi connectivity index (χ1) is 30.7. The van der Waals surface area contributed by atoms with Gasteiger partial charge >= 0.3 is 0 Å². The van der Waals surface area contributed by atoms with Crippen molar-refractivity contribution in [3.63, 3.8) is 0 Å². The molecule has 0 saturated heterocycles. The van der Waals surface area contributed by atoms with Crippen molar-refractivity contribution in [2.45, 2.75) is 37.1 Å². The van der Waals surface area contributed by atoms with E-state index in [1.54, 1.807) is 0 Å². The second-order valence-corrected chi connectivity index (χ2v) is 17.0. The van der Waals surface area contributed by atoms with Crippen LogP contribution in [0, 0.1) is 0 Å². The minimum Gasteiger partial charge on any atom is -0.456 e. The second kappa shape index (κ2) is 15.2. The van der Waals surface area contributed by atoms with E-state index in [-0.39, 0.29) is 12.0 Å². The smallest absolute Gasteiger partial charge is 0.136 e. The summed E-state index contributed by atoms with van der Waals surface area (Å²) < 4.78 is 6.25. The third-order valence-corrected chi connectivity index (χ3v) is 13.5. The lowest BCUT2D eigenvalue weighted by molar-refractivity contribution is 0.343. The van der Waals surface area contributed by atoms with Crippen molar-refractivity contribution in [1.82, 2.24) is 4.90 Å². The summed E-state index contributed by atoms with van der Waals surface area (Å²) in [5.74, 6) is 0.574. The average molecular weight is 796 g/mol. The molecule has 0 spiro atoms. The summed E-state index contributed by atoms with van der Waals surface area (Å²) in [5.41, 5.74) is 12.2. The number of fused-ring (bicyclic) bond motifs is 8. The summed E-state index contributed by atoms with van der Waals surface area (Å²) in [7, 11) is 0. The number of hydrogen-bond acceptors (Lipinski definition) is 2. The quantitative estimate of drug-likeness (QED) is 0.149. The van der Waals surface area contributed by atoms with Gasteiger partial charge < -0.3 is 9.32 Å². The van der Waals surface area contributed by atoms with Gasteiger partial charge in [0.25, 0.3) is 0 Å². The van der Waals surface area contributed by atoms with Gasteiger partial charge in [-0.1, -0.05) is 176 Å². The van der Waals surface area contributed by atoms with Crippen molar-refractivity contribution in [3.8, 4) is 11.1 Å². The highest BCUT2D eigenvalue weighted by Crippen LogP contribution is 2.43. The molecule has 62 heavy (non-hydrogen) atoms. The molecule has 0 saturated carbocycles. The van der Waals surface area contributed by atoms with Crippen LogP contribution in [0.4, 0.5) is 0 Å². The van der Waals surface area contributed by atoms with Gasteiger partial charge in [-0.25, -0.2) is 0 Å². The topological polar surface area (TPSA) is 16.4 Å². The molecule has 2 heteroatoms. The number of furan rings is 1. The summed E-state index contributed by atoms with van der Waals surface area (Å²) in [6.07, 6.45) is 24.4. The van der Waals surface area contributed by atoms with Gasteiger partial charge in [0.2, 0.25) is 0 Å². The fourth-order valence-electron chi connectivity index (χ4n) is 10.4. The van der Waals surface area contributed by atoms with E-state index < -0.39 is 0 Å². The molecular weight excluding hydrogens is 751 g/mol. The predicted octanol–water partition coefficient (Wildman–Crippen LogP) is 16.0. The SMILES string of the molecule is C1=CCC(c2ccccc2)C(N(C2=CCC(c3cc4ccccc4c4ccccc34)C=C2)C2C=CC(c3cccc(-c4ccc5ccc6oc7ccccc7c6c5c4)c3)=CC2)=C1. The molecule has 0 fully saturated rings.